The molecule has 24 heavy (non-hydrogen) atoms. The van der Waals surface area contributed by atoms with Crippen LogP contribution in [0.15, 0.2) is 24.3 Å². The largest absolute Gasteiger partial charge is 0.340 e. The lowest BCUT2D eigenvalue weighted by molar-refractivity contribution is -0.129. The van der Waals surface area contributed by atoms with Gasteiger partial charge in [0.25, 0.3) is 0 Å². The minimum absolute atomic E-state index is 0.00554. The molecule has 6 heteroatoms. The van der Waals surface area contributed by atoms with Gasteiger partial charge in [0.15, 0.2) is 0 Å². The Morgan fingerprint density at radius 3 is 2.04 bits per heavy atom. The zero-order valence-electron chi connectivity index (χ0n) is 15.1. The number of aryl methyl sites for hydroxylation is 1. The van der Waals surface area contributed by atoms with Gasteiger partial charge >= 0.3 is 0 Å². The maximum absolute atomic E-state index is 12.5. The summed E-state index contributed by atoms with van der Waals surface area (Å²) in [6, 6.07) is 8.19. The second-order valence-corrected chi connectivity index (χ2v) is 9.51. The summed E-state index contributed by atoms with van der Waals surface area (Å²) in [5.41, 5.74) is 2.38. The summed E-state index contributed by atoms with van der Waals surface area (Å²) in [6.45, 7) is 9.75. The Morgan fingerprint density at radius 1 is 1.04 bits per heavy atom. The molecule has 0 spiro atoms. The zero-order valence-corrected chi connectivity index (χ0v) is 15.9. The average molecular weight is 353 g/mol. The predicted octanol–water partition coefficient (Wildman–Crippen LogP) is 2.02. The highest BCUT2D eigenvalue weighted by atomic mass is 32.2. The van der Waals surface area contributed by atoms with E-state index in [1.165, 1.54) is 16.8 Å². The third-order valence-corrected chi connectivity index (χ3v) is 6.42. The van der Waals surface area contributed by atoms with E-state index in [9.17, 15) is 13.2 Å². The van der Waals surface area contributed by atoms with Gasteiger partial charge in [-0.1, -0.05) is 45.0 Å². The highest BCUT2D eigenvalue weighted by Crippen LogP contribution is 2.22. The number of amides is 1. The molecule has 1 aliphatic heterocycles. The van der Waals surface area contributed by atoms with Gasteiger partial charge in [0.05, 0.1) is 5.75 Å². The molecular weight excluding hydrogens is 324 g/mol. The van der Waals surface area contributed by atoms with Crippen LogP contribution in [0, 0.1) is 0 Å². The molecule has 1 amide bonds. The quantitative estimate of drug-likeness (QED) is 0.833. The molecule has 1 aromatic carbocycles. The van der Waals surface area contributed by atoms with Crippen LogP contribution in [0.5, 0.6) is 0 Å². The molecule has 0 radical (unpaired) electrons. The van der Waals surface area contributed by atoms with Gasteiger partial charge in [0.1, 0.15) is 0 Å². The molecule has 5 nitrogen and oxygen atoms in total. The number of sulfonamides is 1. The molecule has 0 bridgehead atoms. The molecule has 0 saturated carbocycles. The maximum Gasteiger partial charge on any atom is 0.219 e. The van der Waals surface area contributed by atoms with E-state index in [0.717, 1.165) is 5.56 Å². The number of hydrogen-bond donors (Lipinski definition) is 0. The molecular formula is C18H28N2O3S. The molecule has 1 aromatic rings. The highest BCUT2D eigenvalue weighted by Gasteiger charge is 2.27. The molecule has 134 valence electrons. The third kappa shape index (κ3) is 4.80. The van der Waals surface area contributed by atoms with E-state index < -0.39 is 10.0 Å². The summed E-state index contributed by atoms with van der Waals surface area (Å²) in [5.74, 6) is 0.119. The van der Waals surface area contributed by atoms with Crippen molar-refractivity contribution in [3.63, 3.8) is 0 Å². The summed E-state index contributed by atoms with van der Waals surface area (Å²) < 4.78 is 26.5. The standard InChI is InChI=1S/C18H28N2O3S/c1-15(21)19-10-12-20(13-11-19)24(22,23)14-9-16-5-7-17(8-6-16)18(2,3)4/h5-8H,9-14H2,1-4H3. The van der Waals surface area contributed by atoms with Crippen molar-refractivity contribution in [3.05, 3.63) is 35.4 Å². The molecule has 0 N–H and O–H groups in total. The van der Waals surface area contributed by atoms with Gasteiger partial charge < -0.3 is 4.90 Å². The van der Waals surface area contributed by atoms with Crippen molar-refractivity contribution in [1.82, 2.24) is 9.21 Å². The van der Waals surface area contributed by atoms with Crippen LogP contribution in [0.1, 0.15) is 38.8 Å². The van der Waals surface area contributed by atoms with Gasteiger partial charge in [-0.2, -0.15) is 4.31 Å². The number of hydrogen-bond acceptors (Lipinski definition) is 3. The Morgan fingerprint density at radius 2 is 1.58 bits per heavy atom. The van der Waals surface area contributed by atoms with Gasteiger partial charge in [-0.15, -0.1) is 0 Å². The van der Waals surface area contributed by atoms with E-state index >= 15 is 0 Å². The zero-order chi connectivity index (χ0) is 18.0. The molecule has 0 atom stereocenters. The fourth-order valence-corrected chi connectivity index (χ4v) is 4.30. The number of rotatable bonds is 4. The van der Waals surface area contributed by atoms with Crippen molar-refractivity contribution >= 4 is 15.9 Å². The molecule has 1 aliphatic rings. The van der Waals surface area contributed by atoms with E-state index in [1.54, 1.807) is 4.90 Å². The van der Waals surface area contributed by atoms with Crippen LogP contribution in [0.4, 0.5) is 0 Å². The molecule has 1 heterocycles. The van der Waals surface area contributed by atoms with Crippen LogP contribution in [-0.4, -0.2) is 55.5 Å². The molecule has 0 aliphatic carbocycles. The van der Waals surface area contributed by atoms with E-state index in [0.29, 0.717) is 32.6 Å². The molecule has 1 saturated heterocycles. The van der Waals surface area contributed by atoms with E-state index in [2.05, 4.69) is 32.9 Å². The van der Waals surface area contributed by atoms with Crippen molar-refractivity contribution in [2.24, 2.45) is 0 Å². The van der Waals surface area contributed by atoms with E-state index in [4.69, 9.17) is 0 Å². The summed E-state index contributed by atoms with van der Waals surface area (Å²) in [4.78, 5) is 13.0. The van der Waals surface area contributed by atoms with E-state index in [1.807, 2.05) is 12.1 Å². The monoisotopic (exact) mass is 352 g/mol. The van der Waals surface area contributed by atoms with Crippen molar-refractivity contribution in [1.29, 1.82) is 0 Å². The third-order valence-electron chi connectivity index (χ3n) is 4.55. The lowest BCUT2D eigenvalue weighted by Crippen LogP contribution is -2.50. The normalized spacial score (nSPS) is 17.1. The van der Waals surface area contributed by atoms with Crippen LogP contribution < -0.4 is 0 Å². The van der Waals surface area contributed by atoms with Crippen molar-refractivity contribution < 1.29 is 13.2 Å². The molecule has 1 fully saturated rings. The van der Waals surface area contributed by atoms with Crippen LogP contribution in [-0.2, 0) is 26.7 Å². The Balaban J connectivity index is 1.92. The first kappa shape index (κ1) is 18.9. The predicted molar refractivity (Wildman–Crippen MR) is 96.5 cm³/mol. The summed E-state index contributed by atoms with van der Waals surface area (Å²) >= 11 is 0. The van der Waals surface area contributed by atoms with Crippen molar-refractivity contribution in [2.75, 3.05) is 31.9 Å². The maximum atomic E-state index is 12.5. The lowest BCUT2D eigenvalue weighted by Gasteiger charge is -2.33. The number of benzene rings is 1. The molecule has 0 aromatic heterocycles. The average Bonchev–Trinajstić information content (AvgIpc) is 2.52. The number of carbonyl (C=O) groups is 1. The SMILES string of the molecule is CC(=O)N1CCN(S(=O)(=O)CCc2ccc(C(C)(C)C)cc2)CC1. The number of carbonyl (C=O) groups excluding carboxylic acids is 1. The van der Waals surface area contributed by atoms with Crippen LogP contribution in [0.3, 0.4) is 0 Å². The fraction of sp³-hybridized carbons (Fsp3) is 0.611. The Labute approximate surface area is 145 Å². The summed E-state index contributed by atoms with van der Waals surface area (Å²) in [6.07, 6.45) is 0.514. The highest BCUT2D eigenvalue weighted by molar-refractivity contribution is 7.89. The van der Waals surface area contributed by atoms with Gasteiger partial charge in [-0.05, 0) is 23.0 Å². The summed E-state index contributed by atoms with van der Waals surface area (Å²) in [7, 11) is -3.27. The van der Waals surface area contributed by atoms with Crippen LogP contribution in [0.2, 0.25) is 0 Å². The number of nitrogens with zero attached hydrogens (tertiary/aromatic N) is 2. The summed E-state index contributed by atoms with van der Waals surface area (Å²) in [5, 5.41) is 0. The number of piperazine rings is 1. The van der Waals surface area contributed by atoms with Crippen LogP contribution >= 0.6 is 0 Å². The Hall–Kier alpha value is -1.40. The van der Waals surface area contributed by atoms with Crippen LogP contribution in [0.25, 0.3) is 0 Å². The minimum Gasteiger partial charge on any atom is -0.340 e. The topological polar surface area (TPSA) is 57.7 Å². The minimum atomic E-state index is -3.27. The molecule has 2 rings (SSSR count). The first-order valence-corrected chi connectivity index (χ1v) is 10.0. The molecule has 0 unspecified atom stereocenters. The first-order valence-electron chi connectivity index (χ1n) is 8.42. The van der Waals surface area contributed by atoms with Gasteiger partial charge in [0.2, 0.25) is 15.9 Å². The Bertz CT molecular complexity index is 667. The Kier molecular flexibility index (Phi) is 5.71. The second kappa shape index (κ2) is 7.23. The second-order valence-electron chi connectivity index (χ2n) is 7.42. The van der Waals surface area contributed by atoms with Crippen molar-refractivity contribution in [2.45, 2.75) is 39.5 Å². The van der Waals surface area contributed by atoms with Gasteiger partial charge in [0, 0.05) is 33.1 Å². The van der Waals surface area contributed by atoms with Gasteiger partial charge in [-0.25, -0.2) is 8.42 Å². The smallest absolute Gasteiger partial charge is 0.219 e. The lowest BCUT2D eigenvalue weighted by atomic mass is 9.86. The first-order chi connectivity index (χ1) is 11.1. The fourth-order valence-electron chi connectivity index (χ4n) is 2.83. The van der Waals surface area contributed by atoms with Gasteiger partial charge in [-0.3, -0.25) is 4.79 Å². The van der Waals surface area contributed by atoms with Crippen molar-refractivity contribution in [3.8, 4) is 0 Å². The van der Waals surface area contributed by atoms with E-state index in [-0.39, 0.29) is 17.1 Å².